The third-order valence-electron chi connectivity index (χ3n) is 5.14. The van der Waals surface area contributed by atoms with Gasteiger partial charge < -0.3 is 19.5 Å². The highest BCUT2D eigenvalue weighted by molar-refractivity contribution is 7.07. The van der Waals surface area contributed by atoms with Crippen LogP contribution in [0, 0.1) is 11.3 Å². The van der Waals surface area contributed by atoms with Gasteiger partial charge in [-0.05, 0) is 19.1 Å². The van der Waals surface area contributed by atoms with Crippen molar-refractivity contribution in [1.29, 1.82) is 5.26 Å². The van der Waals surface area contributed by atoms with E-state index >= 15 is 0 Å². The summed E-state index contributed by atoms with van der Waals surface area (Å²) in [6, 6.07) is 9.28. The first kappa shape index (κ1) is 26.8. The lowest BCUT2D eigenvalue weighted by molar-refractivity contribution is -0.137. The number of carbonyl (C=O) groups is 1. The topological polar surface area (TPSA) is 106 Å². The van der Waals surface area contributed by atoms with Gasteiger partial charge in [0.15, 0.2) is 5.57 Å². The molecular formula is C26H28N4O5S. The Morgan fingerprint density at radius 3 is 2.89 bits per heavy atom. The summed E-state index contributed by atoms with van der Waals surface area (Å²) < 4.78 is 18.2. The average molecular weight is 509 g/mol. The lowest BCUT2D eigenvalue weighted by atomic mass is 10.3. The van der Waals surface area contributed by atoms with Crippen LogP contribution in [0.3, 0.4) is 0 Å². The van der Waals surface area contributed by atoms with Gasteiger partial charge in [0.05, 0.1) is 13.2 Å². The fourth-order valence-corrected chi connectivity index (χ4v) is 4.28. The van der Waals surface area contributed by atoms with Crippen molar-refractivity contribution in [1.82, 2.24) is 9.47 Å². The number of nitriles is 1. The van der Waals surface area contributed by atoms with E-state index in [1.807, 2.05) is 24.3 Å². The van der Waals surface area contributed by atoms with E-state index < -0.39 is 5.97 Å². The van der Waals surface area contributed by atoms with E-state index in [1.54, 1.807) is 13.0 Å². The predicted molar refractivity (Wildman–Crippen MR) is 138 cm³/mol. The molecule has 188 valence electrons. The number of nitrogens with zero attached hydrogens (tertiary/aromatic N) is 3. The van der Waals surface area contributed by atoms with Crippen LogP contribution in [0.2, 0.25) is 0 Å². The van der Waals surface area contributed by atoms with E-state index in [2.05, 4.69) is 28.3 Å². The minimum atomic E-state index is -0.823. The maximum atomic E-state index is 12.7. The molecule has 0 saturated carbocycles. The summed E-state index contributed by atoms with van der Waals surface area (Å²) in [4.78, 5) is 27.1. The number of nitrogens with one attached hydrogen (secondary N) is 1. The van der Waals surface area contributed by atoms with Crippen LogP contribution in [0.1, 0.15) is 6.92 Å². The highest BCUT2D eigenvalue weighted by Gasteiger charge is 2.11. The number of ether oxygens (including phenoxy) is 3. The Morgan fingerprint density at radius 1 is 1.36 bits per heavy atom. The van der Waals surface area contributed by atoms with Crippen molar-refractivity contribution in [3.05, 3.63) is 68.2 Å². The molecule has 1 aliphatic heterocycles. The quantitative estimate of drug-likeness (QED) is 0.221. The molecule has 1 aromatic carbocycles. The number of anilines is 1. The molecule has 0 spiro atoms. The Labute approximate surface area is 213 Å². The Kier molecular flexibility index (Phi) is 10.3. The largest absolute Gasteiger partial charge is 0.492 e. The van der Waals surface area contributed by atoms with Gasteiger partial charge in [0.1, 0.15) is 34.2 Å². The van der Waals surface area contributed by atoms with Crippen LogP contribution >= 0.6 is 11.3 Å². The second-order valence-electron chi connectivity index (χ2n) is 7.55. The van der Waals surface area contributed by atoms with E-state index in [9.17, 15) is 14.9 Å². The van der Waals surface area contributed by atoms with Crippen LogP contribution in [0.4, 0.5) is 5.69 Å². The fourth-order valence-electron chi connectivity index (χ4n) is 3.30. The summed E-state index contributed by atoms with van der Waals surface area (Å²) in [5.74, 6) is -0.0868. The van der Waals surface area contributed by atoms with Gasteiger partial charge in [-0.3, -0.25) is 14.3 Å². The number of hydrogen-bond acceptors (Lipinski definition) is 9. The van der Waals surface area contributed by atoms with Crippen LogP contribution in [0.15, 0.2) is 53.5 Å². The molecule has 0 amide bonds. The van der Waals surface area contributed by atoms with Crippen molar-refractivity contribution in [2.75, 3.05) is 51.4 Å². The first-order valence-electron chi connectivity index (χ1n) is 11.5. The number of aromatic nitrogens is 1. The second kappa shape index (κ2) is 13.9. The second-order valence-corrected chi connectivity index (χ2v) is 8.55. The zero-order valence-electron chi connectivity index (χ0n) is 20.1. The molecule has 0 bridgehead atoms. The molecule has 9 nitrogen and oxygen atoms in total. The highest BCUT2D eigenvalue weighted by atomic mass is 32.1. The SMILES string of the molecule is C=CCOC(=O)C(=C=c1sc(=C=CNc2cccc(OCCN3CCOCC3)c2)c(=O)n1CC)C#N. The average Bonchev–Trinajstić information content (AvgIpc) is 3.20. The van der Waals surface area contributed by atoms with E-state index in [1.165, 1.54) is 16.8 Å². The van der Waals surface area contributed by atoms with Gasteiger partial charge in [0, 0.05) is 44.1 Å². The Hall–Kier alpha value is -3.83. The summed E-state index contributed by atoms with van der Waals surface area (Å²) in [5.41, 5.74) is 5.82. The van der Waals surface area contributed by atoms with Crippen molar-refractivity contribution in [3.8, 4) is 11.8 Å². The van der Waals surface area contributed by atoms with Crippen LogP contribution in [0.5, 0.6) is 5.75 Å². The maximum absolute atomic E-state index is 12.7. The van der Waals surface area contributed by atoms with Crippen molar-refractivity contribution in [3.63, 3.8) is 0 Å². The minimum absolute atomic E-state index is 0.0235. The first-order chi connectivity index (χ1) is 17.5. The molecule has 0 unspecified atom stereocenters. The Balaban J connectivity index is 1.77. The lowest BCUT2D eigenvalue weighted by Gasteiger charge is -2.26. The normalized spacial score (nSPS) is 13.0. The van der Waals surface area contributed by atoms with Gasteiger partial charge in [-0.2, -0.15) is 5.26 Å². The van der Waals surface area contributed by atoms with Gasteiger partial charge >= 0.3 is 5.97 Å². The predicted octanol–water partition coefficient (Wildman–Crippen LogP) is 1.20. The minimum Gasteiger partial charge on any atom is -0.492 e. The summed E-state index contributed by atoms with van der Waals surface area (Å²) in [5, 5.41) is 12.4. The number of esters is 1. The standard InChI is InChI=1S/C26H28N4O5S/c1-3-13-35-26(32)20(19-27)17-24-30(4-2)25(31)23(36-24)8-9-28-21-6-5-7-22(18-21)34-16-12-29-10-14-33-15-11-29/h3,5-7,9,18,28H,1,4,10-16H2,2H3. The summed E-state index contributed by atoms with van der Waals surface area (Å²) >= 11 is 1.08. The van der Waals surface area contributed by atoms with Crippen LogP contribution < -0.4 is 24.8 Å². The van der Waals surface area contributed by atoms with E-state index in [4.69, 9.17) is 14.2 Å². The molecule has 1 aromatic heterocycles. The van der Waals surface area contributed by atoms with Crippen LogP contribution in [-0.2, 0) is 20.8 Å². The Bertz CT molecular complexity index is 1370. The van der Waals surface area contributed by atoms with Crippen molar-refractivity contribution in [2.45, 2.75) is 13.5 Å². The third kappa shape index (κ3) is 7.59. The Morgan fingerprint density at radius 2 is 2.17 bits per heavy atom. The number of morpholine rings is 1. The van der Waals surface area contributed by atoms with Gasteiger partial charge in [-0.15, -0.1) is 0 Å². The van der Waals surface area contributed by atoms with E-state index in [-0.39, 0.29) is 17.7 Å². The van der Waals surface area contributed by atoms with E-state index in [0.29, 0.717) is 22.3 Å². The van der Waals surface area contributed by atoms with Crippen LogP contribution in [-0.4, -0.2) is 61.5 Å². The fraction of sp³-hybridized carbons (Fsp3) is 0.346. The maximum Gasteiger partial charge on any atom is 0.357 e. The molecule has 0 aliphatic carbocycles. The lowest BCUT2D eigenvalue weighted by Crippen LogP contribution is -2.38. The smallest absolute Gasteiger partial charge is 0.357 e. The highest BCUT2D eigenvalue weighted by Crippen LogP contribution is 2.17. The first-order valence-corrected chi connectivity index (χ1v) is 12.3. The molecule has 1 saturated heterocycles. The number of carbonyl (C=O) groups excluding carboxylic acids is 1. The number of thiazole rings is 1. The van der Waals surface area contributed by atoms with E-state index in [0.717, 1.165) is 55.6 Å². The molecule has 1 aliphatic rings. The molecule has 10 heteroatoms. The monoisotopic (exact) mass is 508 g/mol. The summed E-state index contributed by atoms with van der Waals surface area (Å²) in [6.45, 7) is 10.3. The summed E-state index contributed by atoms with van der Waals surface area (Å²) in [7, 11) is 0. The van der Waals surface area contributed by atoms with Gasteiger partial charge in [-0.25, -0.2) is 4.79 Å². The number of benzene rings is 1. The molecule has 36 heavy (non-hydrogen) atoms. The van der Waals surface area contributed by atoms with Crippen molar-refractivity contribution >= 4 is 34.5 Å². The zero-order valence-corrected chi connectivity index (χ0v) is 20.9. The molecule has 3 rings (SSSR count). The third-order valence-corrected chi connectivity index (χ3v) is 6.15. The molecule has 0 radical (unpaired) electrons. The molecule has 0 atom stereocenters. The molecule has 2 aromatic rings. The van der Waals surface area contributed by atoms with Gasteiger partial charge in [0.2, 0.25) is 0 Å². The van der Waals surface area contributed by atoms with Gasteiger partial charge in [0.25, 0.3) is 5.56 Å². The molecule has 2 heterocycles. The molecule has 1 N–H and O–H groups in total. The zero-order chi connectivity index (χ0) is 25.8. The molecular weight excluding hydrogens is 480 g/mol. The van der Waals surface area contributed by atoms with Crippen LogP contribution in [0.25, 0.3) is 11.5 Å². The number of hydrogen-bond donors (Lipinski definition) is 1. The number of rotatable bonds is 10. The molecule has 1 fully saturated rings. The summed E-state index contributed by atoms with van der Waals surface area (Å²) in [6.07, 6.45) is 2.94. The van der Waals surface area contributed by atoms with Crippen molar-refractivity contribution in [2.24, 2.45) is 0 Å². The van der Waals surface area contributed by atoms with Gasteiger partial charge in [-0.1, -0.05) is 41.5 Å². The van der Waals surface area contributed by atoms with Crippen molar-refractivity contribution < 1.29 is 19.0 Å².